The summed E-state index contributed by atoms with van der Waals surface area (Å²) in [6.45, 7) is 1.73. The molecule has 0 aliphatic rings. The number of carbonyl (C=O) groups excluding carboxylic acids is 2. The number of hydrogen-bond acceptors (Lipinski definition) is 5. The summed E-state index contributed by atoms with van der Waals surface area (Å²) < 4.78 is 4.87. The Kier molecular flexibility index (Phi) is 6.52. The van der Waals surface area contributed by atoms with Crippen LogP contribution in [0.5, 0.6) is 0 Å². The van der Waals surface area contributed by atoms with Gasteiger partial charge < -0.3 is 10.1 Å². The zero-order valence-corrected chi connectivity index (χ0v) is 14.4. The van der Waals surface area contributed by atoms with Crippen molar-refractivity contribution in [3.05, 3.63) is 57.6 Å². The number of aromatic nitrogens is 2. The van der Waals surface area contributed by atoms with Gasteiger partial charge in [0, 0.05) is 22.8 Å². The second-order valence-electron chi connectivity index (χ2n) is 4.95. The Morgan fingerprint density at radius 2 is 2.00 bits per heavy atom. The molecule has 0 spiro atoms. The van der Waals surface area contributed by atoms with Crippen LogP contribution in [0.15, 0.2) is 30.6 Å². The van der Waals surface area contributed by atoms with Gasteiger partial charge in [-0.05, 0) is 31.0 Å². The molecule has 0 saturated heterocycles. The standard InChI is InChI=1S/C16H15Cl2N3O3/c1-10-7-21-14(8-20-10)16(23)24-9-15(22)19-5-4-11-2-3-12(17)6-13(11)18/h2-3,6-8H,4-5,9H2,1H3,(H,19,22). The molecule has 8 heteroatoms. The fraction of sp³-hybridized carbons (Fsp3) is 0.250. The van der Waals surface area contributed by atoms with Gasteiger partial charge in [0.25, 0.3) is 5.91 Å². The van der Waals surface area contributed by atoms with Crippen LogP contribution in [0.3, 0.4) is 0 Å². The third-order valence-corrected chi connectivity index (χ3v) is 3.64. The Morgan fingerprint density at radius 1 is 1.21 bits per heavy atom. The van der Waals surface area contributed by atoms with Gasteiger partial charge in [-0.1, -0.05) is 29.3 Å². The summed E-state index contributed by atoms with van der Waals surface area (Å²) in [5.74, 6) is -1.10. The Bertz CT molecular complexity index is 736. The van der Waals surface area contributed by atoms with Crippen molar-refractivity contribution in [3.8, 4) is 0 Å². The van der Waals surface area contributed by atoms with E-state index in [1.807, 2.05) is 0 Å². The first kappa shape index (κ1) is 18.2. The lowest BCUT2D eigenvalue weighted by atomic mass is 10.1. The number of hydrogen-bond donors (Lipinski definition) is 1. The lowest BCUT2D eigenvalue weighted by Crippen LogP contribution is -2.30. The largest absolute Gasteiger partial charge is 0.451 e. The predicted octanol–water partition coefficient (Wildman–Crippen LogP) is 2.61. The molecule has 2 rings (SSSR count). The molecule has 0 atom stereocenters. The SMILES string of the molecule is Cc1cnc(C(=O)OCC(=O)NCCc2ccc(Cl)cc2Cl)cn1. The van der Waals surface area contributed by atoms with Crippen LogP contribution >= 0.6 is 23.2 Å². The molecule has 1 aromatic heterocycles. The third kappa shape index (κ3) is 5.47. The Balaban J connectivity index is 1.73. The highest BCUT2D eigenvalue weighted by molar-refractivity contribution is 6.35. The molecule has 0 bridgehead atoms. The van der Waals surface area contributed by atoms with Gasteiger partial charge in [0.1, 0.15) is 0 Å². The van der Waals surface area contributed by atoms with Gasteiger partial charge in [0.2, 0.25) is 0 Å². The van der Waals surface area contributed by atoms with E-state index in [-0.39, 0.29) is 12.3 Å². The van der Waals surface area contributed by atoms with Crippen LogP contribution < -0.4 is 5.32 Å². The van der Waals surface area contributed by atoms with Crippen molar-refractivity contribution in [3.63, 3.8) is 0 Å². The lowest BCUT2D eigenvalue weighted by molar-refractivity contribution is -0.124. The van der Waals surface area contributed by atoms with Crippen molar-refractivity contribution in [2.24, 2.45) is 0 Å². The van der Waals surface area contributed by atoms with Crippen LogP contribution in [-0.4, -0.2) is 35.0 Å². The molecule has 0 fully saturated rings. The van der Waals surface area contributed by atoms with E-state index < -0.39 is 11.9 Å². The molecule has 1 amide bonds. The fourth-order valence-corrected chi connectivity index (χ4v) is 2.32. The summed E-state index contributed by atoms with van der Waals surface area (Å²) in [6.07, 6.45) is 3.30. The van der Waals surface area contributed by atoms with E-state index in [1.54, 1.807) is 25.1 Å². The summed E-state index contributed by atoms with van der Waals surface area (Å²) in [4.78, 5) is 31.2. The predicted molar refractivity (Wildman–Crippen MR) is 90.2 cm³/mol. The van der Waals surface area contributed by atoms with E-state index in [9.17, 15) is 9.59 Å². The third-order valence-electron chi connectivity index (χ3n) is 3.06. The molecular formula is C16H15Cl2N3O3. The molecular weight excluding hydrogens is 353 g/mol. The van der Waals surface area contributed by atoms with E-state index in [0.717, 1.165) is 5.56 Å². The van der Waals surface area contributed by atoms with E-state index in [0.29, 0.717) is 28.7 Å². The zero-order chi connectivity index (χ0) is 17.5. The number of halogens is 2. The maximum atomic E-state index is 11.7. The molecule has 6 nitrogen and oxygen atoms in total. The number of carbonyl (C=O) groups is 2. The summed E-state index contributed by atoms with van der Waals surface area (Å²) in [7, 11) is 0. The van der Waals surface area contributed by atoms with E-state index in [4.69, 9.17) is 27.9 Å². The van der Waals surface area contributed by atoms with E-state index >= 15 is 0 Å². The van der Waals surface area contributed by atoms with Crippen LogP contribution in [0.4, 0.5) is 0 Å². The molecule has 1 N–H and O–H groups in total. The van der Waals surface area contributed by atoms with Crippen LogP contribution in [0.25, 0.3) is 0 Å². The van der Waals surface area contributed by atoms with Crippen LogP contribution in [0, 0.1) is 6.92 Å². The number of aryl methyl sites for hydroxylation is 1. The Hall–Kier alpha value is -2.18. The molecule has 0 unspecified atom stereocenters. The van der Waals surface area contributed by atoms with Gasteiger partial charge in [-0.15, -0.1) is 0 Å². The zero-order valence-electron chi connectivity index (χ0n) is 12.9. The first-order valence-corrected chi connectivity index (χ1v) is 7.87. The molecule has 24 heavy (non-hydrogen) atoms. The van der Waals surface area contributed by atoms with Crippen molar-refractivity contribution in [1.82, 2.24) is 15.3 Å². The normalized spacial score (nSPS) is 10.3. The van der Waals surface area contributed by atoms with Crippen molar-refractivity contribution < 1.29 is 14.3 Å². The second kappa shape index (κ2) is 8.61. The Morgan fingerprint density at radius 3 is 2.67 bits per heavy atom. The molecule has 0 aliphatic heterocycles. The fourth-order valence-electron chi connectivity index (χ4n) is 1.82. The van der Waals surface area contributed by atoms with Gasteiger partial charge in [-0.25, -0.2) is 9.78 Å². The highest BCUT2D eigenvalue weighted by atomic mass is 35.5. The quantitative estimate of drug-likeness (QED) is 0.793. The summed E-state index contributed by atoms with van der Waals surface area (Å²) in [5, 5.41) is 3.74. The van der Waals surface area contributed by atoms with Gasteiger partial charge in [-0.2, -0.15) is 0 Å². The molecule has 0 saturated carbocycles. The van der Waals surface area contributed by atoms with Crippen molar-refractivity contribution in [1.29, 1.82) is 0 Å². The minimum Gasteiger partial charge on any atom is -0.451 e. The minimum atomic E-state index is -0.696. The van der Waals surface area contributed by atoms with Crippen LogP contribution in [0.2, 0.25) is 10.0 Å². The number of amides is 1. The highest BCUT2D eigenvalue weighted by Crippen LogP contribution is 2.20. The maximum Gasteiger partial charge on any atom is 0.359 e. The monoisotopic (exact) mass is 367 g/mol. The minimum absolute atomic E-state index is 0.0568. The summed E-state index contributed by atoms with van der Waals surface area (Å²) in [5.41, 5.74) is 1.61. The van der Waals surface area contributed by atoms with E-state index in [2.05, 4.69) is 15.3 Å². The molecule has 1 aromatic carbocycles. The molecule has 0 aliphatic carbocycles. The number of ether oxygens (including phenoxy) is 1. The number of esters is 1. The second-order valence-corrected chi connectivity index (χ2v) is 5.80. The number of nitrogens with one attached hydrogen (secondary N) is 1. The van der Waals surface area contributed by atoms with Crippen LogP contribution in [-0.2, 0) is 16.0 Å². The van der Waals surface area contributed by atoms with Gasteiger partial charge in [0.15, 0.2) is 12.3 Å². The maximum absolute atomic E-state index is 11.7. The van der Waals surface area contributed by atoms with Crippen LogP contribution in [0.1, 0.15) is 21.7 Å². The van der Waals surface area contributed by atoms with Gasteiger partial charge >= 0.3 is 5.97 Å². The molecule has 2 aromatic rings. The molecule has 1 heterocycles. The first-order valence-electron chi connectivity index (χ1n) is 7.12. The van der Waals surface area contributed by atoms with Crippen molar-refractivity contribution in [2.45, 2.75) is 13.3 Å². The summed E-state index contributed by atoms with van der Waals surface area (Å²) in [6, 6.07) is 5.17. The van der Waals surface area contributed by atoms with Crippen molar-refractivity contribution >= 4 is 35.1 Å². The smallest absolute Gasteiger partial charge is 0.359 e. The lowest BCUT2D eigenvalue weighted by Gasteiger charge is -2.08. The highest BCUT2D eigenvalue weighted by Gasteiger charge is 2.11. The summed E-state index contributed by atoms with van der Waals surface area (Å²) >= 11 is 11.9. The number of benzene rings is 1. The molecule has 0 radical (unpaired) electrons. The number of rotatable bonds is 6. The molecule has 126 valence electrons. The number of nitrogens with zero attached hydrogens (tertiary/aromatic N) is 2. The average molecular weight is 368 g/mol. The Labute approximate surface area is 149 Å². The van der Waals surface area contributed by atoms with Gasteiger partial charge in [-0.3, -0.25) is 9.78 Å². The topological polar surface area (TPSA) is 81.2 Å². The van der Waals surface area contributed by atoms with Crippen molar-refractivity contribution in [2.75, 3.05) is 13.2 Å². The average Bonchev–Trinajstić information content (AvgIpc) is 2.55. The van der Waals surface area contributed by atoms with E-state index in [1.165, 1.54) is 12.4 Å². The first-order chi connectivity index (χ1) is 11.5. The van der Waals surface area contributed by atoms with Gasteiger partial charge in [0.05, 0.1) is 11.9 Å².